The average molecular weight is 330 g/mol. The quantitative estimate of drug-likeness (QED) is 0.641. The third-order valence-corrected chi connectivity index (χ3v) is 3.29. The molecule has 1 N–H and O–H groups in total. The predicted octanol–water partition coefficient (Wildman–Crippen LogP) is 0.837. The monoisotopic (exact) mass is 330 g/mol. The van der Waals surface area contributed by atoms with Gasteiger partial charge in [0.2, 0.25) is 10.0 Å². The third kappa shape index (κ3) is 3.93. The molecule has 0 amide bonds. The lowest BCUT2D eigenvalue weighted by Crippen LogP contribution is -2.26. The van der Waals surface area contributed by atoms with Gasteiger partial charge in [-0.05, 0) is 6.92 Å². The molecule has 0 radical (unpaired) electrons. The number of alkyl halides is 1. The highest BCUT2D eigenvalue weighted by Crippen LogP contribution is 2.05. The Bertz CT molecular complexity index is 387. The maximum absolute atomic E-state index is 11.4. The minimum absolute atomic E-state index is 0.124. The van der Waals surface area contributed by atoms with Crippen LogP contribution in [-0.4, -0.2) is 24.5 Å². The van der Waals surface area contributed by atoms with Crippen molar-refractivity contribution in [1.82, 2.24) is 9.88 Å². The topological polar surface area (TPSA) is 72.2 Å². The van der Waals surface area contributed by atoms with E-state index >= 15 is 0 Å². The van der Waals surface area contributed by atoms with Crippen LogP contribution in [0.5, 0.6) is 0 Å². The first-order valence-corrected chi connectivity index (χ1v) is 7.17. The van der Waals surface area contributed by atoms with Crippen LogP contribution >= 0.6 is 22.6 Å². The Morgan fingerprint density at radius 2 is 2.36 bits per heavy atom. The zero-order chi connectivity index (χ0) is 10.6. The van der Waals surface area contributed by atoms with E-state index in [1.54, 1.807) is 13.0 Å². The van der Waals surface area contributed by atoms with E-state index in [1.807, 2.05) is 0 Å². The van der Waals surface area contributed by atoms with Crippen LogP contribution in [0.2, 0.25) is 0 Å². The minimum Gasteiger partial charge on any atom is -0.361 e. The molecule has 0 fully saturated rings. The molecule has 0 spiro atoms. The van der Waals surface area contributed by atoms with Gasteiger partial charge in [0, 0.05) is 17.0 Å². The third-order valence-electron chi connectivity index (χ3n) is 1.43. The lowest BCUT2D eigenvalue weighted by Gasteiger charge is -2.01. The second-order valence-electron chi connectivity index (χ2n) is 2.77. The molecule has 0 saturated carbocycles. The highest BCUT2D eigenvalue weighted by atomic mass is 127. The average Bonchev–Trinajstić information content (AvgIpc) is 2.47. The molecule has 1 aromatic rings. The summed E-state index contributed by atoms with van der Waals surface area (Å²) in [7, 11) is -3.26. The molecule has 0 aromatic carbocycles. The van der Waals surface area contributed by atoms with Crippen molar-refractivity contribution in [3.63, 3.8) is 0 Å². The number of hydrogen-bond acceptors (Lipinski definition) is 4. The Morgan fingerprint density at radius 3 is 2.86 bits per heavy atom. The van der Waals surface area contributed by atoms with E-state index in [0.717, 1.165) is 4.43 Å². The summed E-state index contributed by atoms with van der Waals surface area (Å²) in [5, 5.41) is 3.61. The molecule has 80 valence electrons. The fourth-order valence-electron chi connectivity index (χ4n) is 0.926. The second-order valence-corrected chi connectivity index (χ2v) is 5.66. The van der Waals surface area contributed by atoms with Gasteiger partial charge in [0.1, 0.15) is 17.2 Å². The molecular weight excluding hydrogens is 319 g/mol. The number of nitrogens with one attached hydrogen (secondary N) is 1. The van der Waals surface area contributed by atoms with Gasteiger partial charge in [-0.25, -0.2) is 13.1 Å². The number of aromatic nitrogens is 1. The van der Waals surface area contributed by atoms with Crippen LogP contribution in [0.4, 0.5) is 0 Å². The van der Waals surface area contributed by atoms with Crippen molar-refractivity contribution in [1.29, 1.82) is 0 Å². The van der Waals surface area contributed by atoms with Crippen molar-refractivity contribution >= 4 is 32.6 Å². The number of nitrogens with zero attached hydrogens (tertiary/aromatic N) is 1. The fraction of sp³-hybridized carbons (Fsp3) is 0.571. The molecule has 0 aliphatic heterocycles. The molecule has 7 heteroatoms. The molecule has 0 unspecified atom stereocenters. The molecule has 1 rings (SSSR count). The van der Waals surface area contributed by atoms with Crippen LogP contribution in [0.25, 0.3) is 0 Å². The number of sulfonamides is 1. The lowest BCUT2D eigenvalue weighted by molar-refractivity contribution is 0.392. The molecular formula is C7H11IN2O3S. The van der Waals surface area contributed by atoms with Gasteiger partial charge in [0.15, 0.2) is 0 Å². The van der Waals surface area contributed by atoms with Crippen molar-refractivity contribution in [2.45, 2.75) is 12.7 Å². The van der Waals surface area contributed by atoms with Crippen LogP contribution in [0.1, 0.15) is 11.5 Å². The Hall–Kier alpha value is -0.150. The van der Waals surface area contributed by atoms with Gasteiger partial charge in [0.05, 0.1) is 0 Å². The second kappa shape index (κ2) is 5.08. The summed E-state index contributed by atoms with van der Waals surface area (Å²) in [5.41, 5.74) is 0.434. The van der Waals surface area contributed by atoms with E-state index in [-0.39, 0.29) is 5.75 Å². The summed E-state index contributed by atoms with van der Waals surface area (Å²) in [6, 6.07) is 1.61. The van der Waals surface area contributed by atoms with Crippen LogP contribution in [0.15, 0.2) is 10.6 Å². The Balaban J connectivity index is 2.59. The molecule has 5 nitrogen and oxygen atoms in total. The maximum atomic E-state index is 11.4. The predicted molar refractivity (Wildman–Crippen MR) is 60.8 cm³/mol. The zero-order valence-corrected chi connectivity index (χ0v) is 10.6. The smallest absolute Gasteiger partial charge is 0.217 e. The molecule has 0 aliphatic carbocycles. The Morgan fingerprint density at radius 1 is 1.64 bits per heavy atom. The molecule has 0 atom stereocenters. The van der Waals surface area contributed by atoms with Gasteiger partial charge < -0.3 is 4.52 Å². The summed E-state index contributed by atoms with van der Waals surface area (Å²) in [4.78, 5) is 0. The van der Waals surface area contributed by atoms with Crippen molar-refractivity contribution in [3.8, 4) is 0 Å². The van der Waals surface area contributed by atoms with E-state index in [2.05, 4.69) is 32.5 Å². The highest BCUT2D eigenvalue weighted by Gasteiger charge is 2.13. The van der Waals surface area contributed by atoms with Crippen LogP contribution in [0.3, 0.4) is 0 Å². The summed E-state index contributed by atoms with van der Waals surface area (Å²) >= 11 is 2.10. The molecule has 0 aliphatic rings. The summed E-state index contributed by atoms with van der Waals surface area (Å²) < 4.78 is 30.7. The first kappa shape index (κ1) is 11.9. The number of aryl methyl sites for hydroxylation is 1. The van der Waals surface area contributed by atoms with Crippen molar-refractivity contribution < 1.29 is 12.9 Å². The van der Waals surface area contributed by atoms with Gasteiger partial charge in [-0.15, -0.1) is 0 Å². The first-order valence-electron chi connectivity index (χ1n) is 3.99. The summed E-state index contributed by atoms with van der Waals surface area (Å²) in [5.74, 6) is 0.491. The Labute approximate surface area is 96.4 Å². The standard InChI is InChI=1S/C7H11IN2O3S/c1-6-4-7(10-13-6)5-14(11,12)9-3-2-8/h4,9H,2-3,5H2,1H3. The van der Waals surface area contributed by atoms with E-state index < -0.39 is 10.0 Å². The zero-order valence-electron chi connectivity index (χ0n) is 7.66. The van der Waals surface area contributed by atoms with E-state index in [1.165, 1.54) is 0 Å². The van der Waals surface area contributed by atoms with Crippen LogP contribution < -0.4 is 4.72 Å². The van der Waals surface area contributed by atoms with Crippen molar-refractivity contribution in [3.05, 3.63) is 17.5 Å². The summed E-state index contributed by atoms with van der Waals surface area (Å²) in [6.07, 6.45) is 0. The van der Waals surface area contributed by atoms with E-state index in [4.69, 9.17) is 4.52 Å². The number of halogens is 1. The highest BCUT2D eigenvalue weighted by molar-refractivity contribution is 14.1. The Kier molecular flexibility index (Phi) is 4.32. The van der Waals surface area contributed by atoms with Gasteiger partial charge in [-0.1, -0.05) is 27.7 Å². The van der Waals surface area contributed by atoms with Crippen LogP contribution in [-0.2, 0) is 15.8 Å². The van der Waals surface area contributed by atoms with Gasteiger partial charge >= 0.3 is 0 Å². The molecule has 14 heavy (non-hydrogen) atoms. The number of rotatable bonds is 5. The van der Waals surface area contributed by atoms with Crippen molar-refractivity contribution in [2.75, 3.05) is 11.0 Å². The largest absolute Gasteiger partial charge is 0.361 e. The van der Waals surface area contributed by atoms with Gasteiger partial charge in [-0.3, -0.25) is 0 Å². The van der Waals surface area contributed by atoms with E-state index in [9.17, 15) is 8.42 Å². The van der Waals surface area contributed by atoms with Gasteiger partial charge in [-0.2, -0.15) is 0 Å². The first-order chi connectivity index (χ1) is 6.53. The SMILES string of the molecule is Cc1cc(CS(=O)(=O)NCCI)no1. The molecule has 1 aromatic heterocycles. The van der Waals surface area contributed by atoms with Crippen LogP contribution in [0, 0.1) is 6.92 Å². The van der Waals surface area contributed by atoms with E-state index in [0.29, 0.717) is 18.0 Å². The normalized spacial score (nSPS) is 11.9. The molecule has 0 saturated heterocycles. The fourth-order valence-corrected chi connectivity index (χ4v) is 2.60. The lowest BCUT2D eigenvalue weighted by atomic mass is 10.4. The molecule has 1 heterocycles. The summed E-state index contributed by atoms with van der Waals surface area (Å²) in [6.45, 7) is 2.17. The minimum atomic E-state index is -3.26. The van der Waals surface area contributed by atoms with Gasteiger partial charge in [0.25, 0.3) is 0 Å². The maximum Gasteiger partial charge on any atom is 0.217 e. The molecule has 0 bridgehead atoms. The van der Waals surface area contributed by atoms with Crippen molar-refractivity contribution in [2.24, 2.45) is 0 Å². The number of hydrogen-bond donors (Lipinski definition) is 1.